The largest absolute Gasteiger partial charge is 0.488 e. The first-order valence-electron chi connectivity index (χ1n) is 6.66. The second-order valence-electron chi connectivity index (χ2n) is 5.03. The van der Waals surface area contributed by atoms with Crippen molar-refractivity contribution < 1.29 is 9.53 Å². The van der Waals surface area contributed by atoms with E-state index in [0.717, 1.165) is 17.9 Å². The molecule has 1 amide bonds. The number of hydrogen-bond acceptors (Lipinski definition) is 3. The molecule has 5 nitrogen and oxygen atoms in total. The third kappa shape index (κ3) is 2.27. The molecule has 0 radical (unpaired) electrons. The van der Waals surface area contributed by atoms with Crippen LogP contribution < -0.4 is 10.1 Å². The van der Waals surface area contributed by atoms with Crippen LogP contribution in [0, 0.1) is 6.92 Å². The monoisotopic (exact) mass is 271 g/mol. The molecule has 1 aliphatic heterocycles. The number of para-hydroxylation sites is 1. The maximum absolute atomic E-state index is 12.1. The maximum atomic E-state index is 12.1. The van der Waals surface area contributed by atoms with Crippen LogP contribution in [0.1, 0.15) is 21.6 Å². The standard InChI is InChI=1S/C15H17N3O2/c1-10-13(9-17-18(10)2)15(19)16-8-12-7-11-5-3-4-6-14(11)20-12/h3-6,9,12H,7-8H2,1-2H3,(H,16,19). The topological polar surface area (TPSA) is 56.1 Å². The molecule has 5 heteroatoms. The Labute approximate surface area is 117 Å². The Hall–Kier alpha value is -2.30. The average Bonchev–Trinajstić information content (AvgIpc) is 3.00. The molecule has 1 atom stereocenters. The smallest absolute Gasteiger partial charge is 0.254 e. The minimum absolute atomic E-state index is 0.00771. The summed E-state index contributed by atoms with van der Waals surface area (Å²) < 4.78 is 7.48. The van der Waals surface area contributed by atoms with E-state index in [1.807, 2.05) is 32.2 Å². The van der Waals surface area contributed by atoms with E-state index < -0.39 is 0 Å². The summed E-state index contributed by atoms with van der Waals surface area (Å²) in [5, 5.41) is 6.99. The fraction of sp³-hybridized carbons (Fsp3) is 0.333. The molecule has 1 unspecified atom stereocenters. The van der Waals surface area contributed by atoms with Crippen LogP contribution in [0.5, 0.6) is 5.75 Å². The summed E-state index contributed by atoms with van der Waals surface area (Å²) in [6.07, 6.45) is 2.44. The molecule has 1 N–H and O–H groups in total. The molecule has 1 aromatic heterocycles. The molecule has 104 valence electrons. The third-order valence-corrected chi connectivity index (χ3v) is 3.68. The number of aromatic nitrogens is 2. The van der Waals surface area contributed by atoms with Gasteiger partial charge in [-0.05, 0) is 18.6 Å². The van der Waals surface area contributed by atoms with Gasteiger partial charge in [0.2, 0.25) is 0 Å². The highest BCUT2D eigenvalue weighted by Gasteiger charge is 2.23. The van der Waals surface area contributed by atoms with Crippen LogP contribution in [0.2, 0.25) is 0 Å². The molecule has 20 heavy (non-hydrogen) atoms. The quantitative estimate of drug-likeness (QED) is 0.919. The predicted octanol–water partition coefficient (Wildman–Crippen LogP) is 1.46. The molecule has 2 aromatic rings. The summed E-state index contributed by atoms with van der Waals surface area (Å²) in [4.78, 5) is 12.1. The van der Waals surface area contributed by atoms with Crippen LogP contribution in [-0.4, -0.2) is 28.3 Å². The minimum atomic E-state index is -0.102. The Balaban J connectivity index is 1.59. The molecule has 1 aromatic carbocycles. The van der Waals surface area contributed by atoms with E-state index >= 15 is 0 Å². The Morgan fingerprint density at radius 2 is 2.30 bits per heavy atom. The van der Waals surface area contributed by atoms with Crippen molar-refractivity contribution in [1.29, 1.82) is 0 Å². The summed E-state index contributed by atoms with van der Waals surface area (Å²) in [5.41, 5.74) is 2.67. The van der Waals surface area contributed by atoms with Gasteiger partial charge in [0.15, 0.2) is 0 Å². The van der Waals surface area contributed by atoms with Crippen LogP contribution in [0.25, 0.3) is 0 Å². The van der Waals surface area contributed by atoms with Gasteiger partial charge < -0.3 is 10.1 Å². The Kier molecular flexibility index (Phi) is 3.18. The lowest BCUT2D eigenvalue weighted by Gasteiger charge is -2.11. The van der Waals surface area contributed by atoms with Gasteiger partial charge in [-0.25, -0.2) is 0 Å². The molecule has 1 aliphatic rings. The lowest BCUT2D eigenvalue weighted by atomic mass is 10.1. The first-order chi connectivity index (χ1) is 9.65. The van der Waals surface area contributed by atoms with Gasteiger partial charge in [0.05, 0.1) is 18.3 Å². The lowest BCUT2D eigenvalue weighted by molar-refractivity contribution is 0.0933. The van der Waals surface area contributed by atoms with Crippen molar-refractivity contribution in [2.24, 2.45) is 7.05 Å². The lowest BCUT2D eigenvalue weighted by Crippen LogP contribution is -2.34. The fourth-order valence-electron chi connectivity index (χ4n) is 2.39. The summed E-state index contributed by atoms with van der Waals surface area (Å²) in [5.74, 6) is 0.819. The first-order valence-corrected chi connectivity index (χ1v) is 6.66. The van der Waals surface area contributed by atoms with E-state index in [-0.39, 0.29) is 12.0 Å². The zero-order valence-corrected chi connectivity index (χ0v) is 11.6. The van der Waals surface area contributed by atoms with Gasteiger partial charge >= 0.3 is 0 Å². The molecular formula is C15H17N3O2. The molecule has 0 spiro atoms. The number of benzene rings is 1. The van der Waals surface area contributed by atoms with Crippen LogP contribution in [0.3, 0.4) is 0 Å². The third-order valence-electron chi connectivity index (χ3n) is 3.68. The highest BCUT2D eigenvalue weighted by Crippen LogP contribution is 2.27. The number of fused-ring (bicyclic) bond motifs is 1. The summed E-state index contributed by atoms with van der Waals surface area (Å²) in [6.45, 7) is 2.38. The molecule has 0 fully saturated rings. The maximum Gasteiger partial charge on any atom is 0.254 e. The number of carbonyl (C=O) groups excluding carboxylic acids is 1. The van der Waals surface area contributed by atoms with E-state index in [0.29, 0.717) is 12.1 Å². The zero-order valence-electron chi connectivity index (χ0n) is 11.6. The fourth-order valence-corrected chi connectivity index (χ4v) is 2.39. The Morgan fingerprint density at radius 3 is 3.00 bits per heavy atom. The Morgan fingerprint density at radius 1 is 1.50 bits per heavy atom. The van der Waals surface area contributed by atoms with Gasteiger partial charge in [-0.15, -0.1) is 0 Å². The molecule has 2 heterocycles. The summed E-state index contributed by atoms with van der Waals surface area (Å²) >= 11 is 0. The second-order valence-corrected chi connectivity index (χ2v) is 5.03. The molecule has 0 saturated heterocycles. The summed E-state index contributed by atoms with van der Waals surface area (Å²) in [6, 6.07) is 7.98. The van der Waals surface area contributed by atoms with Crippen molar-refractivity contribution >= 4 is 5.91 Å². The second kappa shape index (κ2) is 5.00. The van der Waals surface area contributed by atoms with Crippen molar-refractivity contribution in [3.8, 4) is 5.75 Å². The van der Waals surface area contributed by atoms with Gasteiger partial charge in [0.1, 0.15) is 11.9 Å². The number of nitrogens with zero attached hydrogens (tertiary/aromatic N) is 2. The normalized spacial score (nSPS) is 16.6. The van der Waals surface area contributed by atoms with Crippen molar-refractivity contribution in [1.82, 2.24) is 15.1 Å². The molecule has 0 saturated carbocycles. The van der Waals surface area contributed by atoms with Crippen LogP contribution in [-0.2, 0) is 13.5 Å². The Bertz CT molecular complexity index is 623. The predicted molar refractivity (Wildman–Crippen MR) is 74.8 cm³/mol. The number of nitrogens with one attached hydrogen (secondary N) is 1. The van der Waals surface area contributed by atoms with Crippen LogP contribution in [0.4, 0.5) is 0 Å². The molecule has 0 bridgehead atoms. The van der Waals surface area contributed by atoms with Gasteiger partial charge in [-0.1, -0.05) is 18.2 Å². The zero-order chi connectivity index (χ0) is 14.1. The van der Waals surface area contributed by atoms with Crippen molar-refractivity contribution in [2.45, 2.75) is 19.4 Å². The summed E-state index contributed by atoms with van der Waals surface area (Å²) in [7, 11) is 1.82. The van der Waals surface area contributed by atoms with Gasteiger partial charge in [0, 0.05) is 19.2 Å². The van der Waals surface area contributed by atoms with E-state index in [1.165, 1.54) is 5.56 Å². The van der Waals surface area contributed by atoms with Gasteiger partial charge in [-0.3, -0.25) is 9.48 Å². The highest BCUT2D eigenvalue weighted by atomic mass is 16.5. The van der Waals surface area contributed by atoms with E-state index in [2.05, 4.69) is 16.5 Å². The molecule has 0 aliphatic carbocycles. The average molecular weight is 271 g/mol. The SMILES string of the molecule is Cc1c(C(=O)NCC2Cc3ccccc3O2)cnn1C. The minimum Gasteiger partial charge on any atom is -0.488 e. The number of hydrogen-bond donors (Lipinski definition) is 1. The van der Waals surface area contributed by atoms with Crippen LogP contribution >= 0.6 is 0 Å². The number of carbonyl (C=O) groups is 1. The number of rotatable bonds is 3. The van der Waals surface area contributed by atoms with Crippen LogP contribution in [0.15, 0.2) is 30.5 Å². The van der Waals surface area contributed by atoms with Gasteiger partial charge in [0.25, 0.3) is 5.91 Å². The van der Waals surface area contributed by atoms with Crippen molar-refractivity contribution in [3.63, 3.8) is 0 Å². The van der Waals surface area contributed by atoms with E-state index in [9.17, 15) is 4.79 Å². The number of ether oxygens (including phenoxy) is 1. The van der Waals surface area contributed by atoms with E-state index in [4.69, 9.17) is 4.74 Å². The van der Waals surface area contributed by atoms with Crippen molar-refractivity contribution in [2.75, 3.05) is 6.54 Å². The van der Waals surface area contributed by atoms with Gasteiger partial charge in [-0.2, -0.15) is 5.10 Å². The van der Waals surface area contributed by atoms with Crippen molar-refractivity contribution in [3.05, 3.63) is 47.3 Å². The molecular weight excluding hydrogens is 254 g/mol. The molecule has 3 rings (SSSR count). The number of amides is 1. The first kappa shape index (κ1) is 12.7. The number of aryl methyl sites for hydroxylation is 1. The van der Waals surface area contributed by atoms with E-state index in [1.54, 1.807) is 10.9 Å². The highest BCUT2D eigenvalue weighted by molar-refractivity contribution is 5.95.